The number of hydrogen-bond donors (Lipinski definition) is 1. The third-order valence-electron chi connectivity index (χ3n) is 6.45. The van der Waals surface area contributed by atoms with Gasteiger partial charge >= 0.3 is 0 Å². The first-order valence-electron chi connectivity index (χ1n) is 12.0. The number of hydrazone groups is 1. The van der Waals surface area contributed by atoms with E-state index in [-0.39, 0.29) is 5.92 Å². The van der Waals surface area contributed by atoms with Crippen LogP contribution < -0.4 is 10.7 Å². The molecule has 1 aromatic heterocycles. The van der Waals surface area contributed by atoms with Crippen molar-refractivity contribution in [3.8, 4) is 0 Å². The standard InChI is InChI=1S/C28H27Cl2N5S2/c1-17-9-11-24(29)21(15-17)23(13-14-31)28(20-7-5-4-6-8-20)35(27-33-32-19(3)36-27)34-26(37-28)22-16-18(2)10-12-25(22)30/h4-12,15-16,23H,13-14,31H2,1-3H3. The Labute approximate surface area is 235 Å². The zero-order chi connectivity index (χ0) is 26.2. The summed E-state index contributed by atoms with van der Waals surface area (Å²) in [5.41, 5.74) is 11.5. The van der Waals surface area contributed by atoms with Crippen LogP contribution in [0.25, 0.3) is 0 Å². The van der Waals surface area contributed by atoms with E-state index in [1.165, 1.54) is 11.3 Å². The molecule has 0 saturated carbocycles. The molecule has 0 amide bonds. The average Bonchev–Trinajstić information content (AvgIpc) is 3.50. The number of benzene rings is 3. The van der Waals surface area contributed by atoms with E-state index in [0.717, 1.165) is 37.9 Å². The minimum absolute atomic E-state index is 0.119. The Kier molecular flexibility index (Phi) is 7.61. The first-order valence-corrected chi connectivity index (χ1v) is 14.4. The van der Waals surface area contributed by atoms with Crippen LogP contribution in [0.3, 0.4) is 0 Å². The zero-order valence-electron chi connectivity index (χ0n) is 20.8. The molecular formula is C28H27Cl2N5S2. The van der Waals surface area contributed by atoms with Crippen molar-refractivity contribution in [2.75, 3.05) is 11.6 Å². The van der Waals surface area contributed by atoms with Gasteiger partial charge in [-0.25, -0.2) is 5.01 Å². The van der Waals surface area contributed by atoms with Crippen LogP contribution in [0.5, 0.6) is 0 Å². The Hall–Kier alpha value is -2.42. The van der Waals surface area contributed by atoms with Gasteiger partial charge < -0.3 is 5.73 Å². The van der Waals surface area contributed by atoms with Crippen molar-refractivity contribution in [1.82, 2.24) is 10.2 Å². The third-order valence-corrected chi connectivity index (χ3v) is 9.44. The van der Waals surface area contributed by atoms with E-state index in [0.29, 0.717) is 28.1 Å². The van der Waals surface area contributed by atoms with Crippen molar-refractivity contribution in [3.05, 3.63) is 110 Å². The quantitative estimate of drug-likeness (QED) is 0.248. The van der Waals surface area contributed by atoms with Crippen molar-refractivity contribution in [2.45, 2.75) is 38.0 Å². The lowest BCUT2D eigenvalue weighted by molar-refractivity contribution is 0.451. The van der Waals surface area contributed by atoms with Crippen molar-refractivity contribution in [1.29, 1.82) is 0 Å². The lowest BCUT2D eigenvalue weighted by atomic mass is 9.83. The van der Waals surface area contributed by atoms with Crippen LogP contribution in [-0.4, -0.2) is 21.8 Å². The molecule has 37 heavy (non-hydrogen) atoms. The predicted octanol–water partition coefficient (Wildman–Crippen LogP) is 7.67. The van der Waals surface area contributed by atoms with Crippen LogP contribution in [0, 0.1) is 20.8 Å². The van der Waals surface area contributed by atoms with Crippen LogP contribution in [0.2, 0.25) is 10.0 Å². The van der Waals surface area contributed by atoms with Gasteiger partial charge in [0.25, 0.3) is 0 Å². The SMILES string of the molecule is Cc1ccc(Cl)c(C2=NN(c3nnc(C)s3)C(c3ccccc3)(C(CCN)c3cc(C)ccc3Cl)S2)c1. The third kappa shape index (κ3) is 4.91. The highest BCUT2D eigenvalue weighted by molar-refractivity contribution is 8.15. The van der Waals surface area contributed by atoms with Gasteiger partial charge in [-0.2, -0.15) is 5.10 Å². The summed E-state index contributed by atoms with van der Waals surface area (Å²) in [4.78, 5) is -0.730. The molecule has 190 valence electrons. The molecule has 1 aliphatic rings. The molecule has 5 nitrogen and oxygen atoms in total. The van der Waals surface area contributed by atoms with Gasteiger partial charge in [0, 0.05) is 16.5 Å². The van der Waals surface area contributed by atoms with Crippen molar-refractivity contribution in [2.24, 2.45) is 10.8 Å². The Morgan fingerprint density at radius 2 is 1.62 bits per heavy atom. The van der Waals surface area contributed by atoms with E-state index >= 15 is 0 Å². The van der Waals surface area contributed by atoms with Gasteiger partial charge in [-0.15, -0.1) is 10.2 Å². The van der Waals surface area contributed by atoms with Crippen LogP contribution in [-0.2, 0) is 4.87 Å². The second-order valence-corrected chi connectivity index (χ2v) is 12.3. The molecule has 9 heteroatoms. The van der Waals surface area contributed by atoms with Crippen molar-refractivity contribution in [3.63, 3.8) is 0 Å². The fourth-order valence-electron chi connectivity index (χ4n) is 4.78. The summed E-state index contributed by atoms with van der Waals surface area (Å²) in [7, 11) is 0. The normalized spacial score (nSPS) is 18.2. The lowest BCUT2D eigenvalue weighted by Gasteiger charge is -2.42. The first-order chi connectivity index (χ1) is 17.8. The maximum atomic E-state index is 6.90. The van der Waals surface area contributed by atoms with Gasteiger partial charge in [-0.3, -0.25) is 0 Å². The maximum absolute atomic E-state index is 6.90. The number of rotatable bonds is 7. The number of nitrogens with two attached hydrogens (primary N) is 1. The molecule has 2 atom stereocenters. The number of aryl methyl sites for hydroxylation is 3. The summed E-state index contributed by atoms with van der Waals surface area (Å²) in [6, 6.07) is 22.6. The number of hydrogen-bond acceptors (Lipinski definition) is 7. The molecule has 3 aromatic carbocycles. The molecule has 0 radical (unpaired) electrons. The maximum Gasteiger partial charge on any atom is 0.230 e. The van der Waals surface area contributed by atoms with E-state index in [1.807, 2.05) is 42.3 Å². The Morgan fingerprint density at radius 1 is 0.919 bits per heavy atom. The predicted molar refractivity (Wildman–Crippen MR) is 158 cm³/mol. The minimum Gasteiger partial charge on any atom is -0.330 e. The largest absolute Gasteiger partial charge is 0.330 e. The fourth-order valence-corrected chi connectivity index (χ4v) is 7.60. The second kappa shape index (κ2) is 10.8. The zero-order valence-corrected chi connectivity index (χ0v) is 23.9. The van der Waals surface area contributed by atoms with Gasteiger partial charge in [-0.1, -0.05) is 106 Å². The highest BCUT2D eigenvalue weighted by Crippen LogP contribution is 2.59. The summed E-state index contributed by atoms with van der Waals surface area (Å²) in [6.07, 6.45) is 0.684. The molecule has 1 aliphatic heterocycles. The molecule has 0 bridgehead atoms. The smallest absolute Gasteiger partial charge is 0.230 e. The van der Waals surface area contributed by atoms with Crippen LogP contribution in [0.1, 0.15) is 45.2 Å². The molecule has 0 aliphatic carbocycles. The van der Waals surface area contributed by atoms with Gasteiger partial charge in [0.05, 0.1) is 5.02 Å². The number of nitrogens with zero attached hydrogens (tertiary/aromatic N) is 4. The van der Waals surface area contributed by atoms with Crippen molar-refractivity contribution < 1.29 is 0 Å². The Morgan fingerprint density at radius 3 is 2.30 bits per heavy atom. The first kappa shape index (κ1) is 26.2. The van der Waals surface area contributed by atoms with Crippen LogP contribution in [0.4, 0.5) is 5.13 Å². The van der Waals surface area contributed by atoms with E-state index in [2.05, 4.69) is 60.4 Å². The molecule has 2 unspecified atom stereocenters. The molecule has 2 N–H and O–H groups in total. The van der Waals surface area contributed by atoms with Gasteiger partial charge in [0.15, 0.2) is 0 Å². The minimum atomic E-state index is -0.730. The lowest BCUT2D eigenvalue weighted by Crippen LogP contribution is -2.44. The van der Waals surface area contributed by atoms with Gasteiger partial charge in [0.2, 0.25) is 5.13 Å². The van der Waals surface area contributed by atoms with Crippen LogP contribution in [0.15, 0.2) is 71.8 Å². The summed E-state index contributed by atoms with van der Waals surface area (Å²) in [5.74, 6) is -0.119. The van der Waals surface area contributed by atoms with E-state index in [4.69, 9.17) is 34.0 Å². The van der Waals surface area contributed by atoms with E-state index < -0.39 is 4.87 Å². The molecule has 4 aromatic rings. The monoisotopic (exact) mass is 567 g/mol. The summed E-state index contributed by atoms with van der Waals surface area (Å²) < 4.78 is 0. The summed E-state index contributed by atoms with van der Waals surface area (Å²) in [6.45, 7) is 6.57. The van der Waals surface area contributed by atoms with Crippen LogP contribution >= 0.6 is 46.3 Å². The fraction of sp³-hybridized carbons (Fsp3) is 0.250. The van der Waals surface area contributed by atoms with Crippen molar-refractivity contribution >= 4 is 56.5 Å². The number of thioether (sulfide) groups is 1. The van der Waals surface area contributed by atoms with E-state index in [9.17, 15) is 0 Å². The highest BCUT2D eigenvalue weighted by atomic mass is 35.5. The Bertz CT molecular complexity index is 1460. The Balaban J connectivity index is 1.81. The summed E-state index contributed by atoms with van der Waals surface area (Å²) in [5, 5.41) is 19.8. The average molecular weight is 569 g/mol. The topological polar surface area (TPSA) is 67.4 Å². The molecule has 0 spiro atoms. The summed E-state index contributed by atoms with van der Waals surface area (Å²) >= 11 is 16.8. The van der Waals surface area contributed by atoms with Gasteiger partial charge in [0.1, 0.15) is 14.9 Å². The number of halogens is 2. The molecule has 2 heterocycles. The number of anilines is 1. The van der Waals surface area contributed by atoms with E-state index in [1.54, 1.807) is 11.8 Å². The van der Waals surface area contributed by atoms with Gasteiger partial charge in [-0.05, 0) is 63.1 Å². The number of aromatic nitrogens is 2. The molecule has 5 rings (SSSR count). The molecule has 0 saturated heterocycles. The molecule has 0 fully saturated rings. The second-order valence-electron chi connectivity index (χ2n) is 9.12. The highest BCUT2D eigenvalue weighted by Gasteiger charge is 2.54. The molecular weight excluding hydrogens is 541 g/mol.